The molecule has 2 rings (SSSR count). The van der Waals surface area contributed by atoms with Crippen molar-refractivity contribution in [3.63, 3.8) is 0 Å². The molecule has 18 heavy (non-hydrogen) atoms. The quantitative estimate of drug-likeness (QED) is 0.638. The maximum atomic E-state index is 9.71. The third kappa shape index (κ3) is 2.16. The van der Waals surface area contributed by atoms with Gasteiger partial charge in [0.2, 0.25) is 0 Å². The average Bonchev–Trinajstić information content (AvgIpc) is 2.38. The lowest BCUT2D eigenvalue weighted by molar-refractivity contribution is -0.0511. The largest absolute Gasteiger partial charge is 0.392 e. The Kier molecular flexibility index (Phi) is 3.46. The van der Waals surface area contributed by atoms with E-state index in [1.807, 2.05) is 20.1 Å². The van der Waals surface area contributed by atoms with Crippen molar-refractivity contribution in [3.05, 3.63) is 11.8 Å². The van der Waals surface area contributed by atoms with Crippen molar-refractivity contribution in [1.29, 1.82) is 5.26 Å². The average molecular weight is 264 g/mol. The number of nitrogens with zero attached hydrogens (tertiary/aromatic N) is 3. The van der Waals surface area contributed by atoms with Gasteiger partial charge >= 0.3 is 0 Å². The SMILES string of the molecule is CSc1ncc(C#N)c(N[C@@H]2C[C@H](O)C2(C)C)n1. The van der Waals surface area contributed by atoms with E-state index >= 15 is 0 Å². The van der Waals surface area contributed by atoms with Crippen LogP contribution in [0.3, 0.4) is 0 Å². The van der Waals surface area contributed by atoms with E-state index in [0.717, 1.165) is 0 Å². The number of aliphatic hydroxyl groups excluding tert-OH is 1. The molecule has 1 aromatic rings. The van der Waals surface area contributed by atoms with Gasteiger partial charge in [0.25, 0.3) is 0 Å². The van der Waals surface area contributed by atoms with Crippen LogP contribution in [0.15, 0.2) is 11.4 Å². The second-order valence-corrected chi connectivity index (χ2v) is 5.77. The first-order chi connectivity index (χ1) is 8.48. The second-order valence-electron chi connectivity index (χ2n) is 5.00. The summed E-state index contributed by atoms with van der Waals surface area (Å²) < 4.78 is 0. The van der Waals surface area contributed by atoms with Gasteiger partial charge in [-0.05, 0) is 12.7 Å². The highest BCUT2D eigenvalue weighted by molar-refractivity contribution is 7.98. The van der Waals surface area contributed by atoms with Crippen LogP contribution in [0.1, 0.15) is 25.8 Å². The molecule has 1 aromatic heterocycles. The molecular formula is C12H16N4OS. The molecular weight excluding hydrogens is 248 g/mol. The van der Waals surface area contributed by atoms with Gasteiger partial charge < -0.3 is 10.4 Å². The first-order valence-corrected chi connectivity index (χ1v) is 6.97. The number of anilines is 1. The molecule has 0 aliphatic heterocycles. The van der Waals surface area contributed by atoms with Crippen LogP contribution in [0, 0.1) is 16.7 Å². The van der Waals surface area contributed by atoms with Crippen LogP contribution in [0.25, 0.3) is 0 Å². The molecule has 5 nitrogen and oxygen atoms in total. The van der Waals surface area contributed by atoms with Gasteiger partial charge in [0.05, 0.1) is 12.3 Å². The number of nitriles is 1. The lowest BCUT2D eigenvalue weighted by Gasteiger charge is -2.49. The second kappa shape index (κ2) is 4.75. The Balaban J connectivity index is 2.21. The van der Waals surface area contributed by atoms with Crippen LogP contribution in [0.2, 0.25) is 0 Å². The van der Waals surface area contributed by atoms with Gasteiger partial charge in [-0.25, -0.2) is 9.97 Å². The zero-order valence-electron chi connectivity index (χ0n) is 10.6. The van der Waals surface area contributed by atoms with Gasteiger partial charge in [-0.1, -0.05) is 25.6 Å². The molecule has 2 atom stereocenters. The van der Waals surface area contributed by atoms with Gasteiger partial charge in [0, 0.05) is 11.5 Å². The molecule has 2 N–H and O–H groups in total. The summed E-state index contributed by atoms with van der Waals surface area (Å²) in [5, 5.41) is 22.6. The normalized spacial score (nSPS) is 25.1. The van der Waals surface area contributed by atoms with E-state index in [0.29, 0.717) is 23.0 Å². The zero-order chi connectivity index (χ0) is 13.3. The van der Waals surface area contributed by atoms with Crippen molar-refractivity contribution in [2.24, 2.45) is 5.41 Å². The van der Waals surface area contributed by atoms with Crippen molar-refractivity contribution in [2.45, 2.75) is 37.6 Å². The molecule has 1 heterocycles. The number of thioether (sulfide) groups is 1. The highest BCUT2D eigenvalue weighted by Crippen LogP contribution is 2.42. The van der Waals surface area contributed by atoms with Crippen molar-refractivity contribution in [1.82, 2.24) is 9.97 Å². The van der Waals surface area contributed by atoms with E-state index in [-0.39, 0.29) is 17.6 Å². The van der Waals surface area contributed by atoms with E-state index in [1.165, 1.54) is 18.0 Å². The Morgan fingerprint density at radius 3 is 2.83 bits per heavy atom. The van der Waals surface area contributed by atoms with Crippen LogP contribution in [-0.2, 0) is 0 Å². The maximum absolute atomic E-state index is 9.71. The third-order valence-electron chi connectivity index (χ3n) is 3.60. The van der Waals surface area contributed by atoms with E-state index in [2.05, 4.69) is 21.4 Å². The number of nitrogens with one attached hydrogen (secondary N) is 1. The molecule has 1 fully saturated rings. The highest BCUT2D eigenvalue weighted by atomic mass is 32.2. The molecule has 0 bridgehead atoms. The number of rotatable bonds is 3. The lowest BCUT2D eigenvalue weighted by atomic mass is 9.64. The highest BCUT2D eigenvalue weighted by Gasteiger charge is 2.47. The number of aromatic nitrogens is 2. The first-order valence-electron chi connectivity index (χ1n) is 5.74. The van der Waals surface area contributed by atoms with Crippen molar-refractivity contribution < 1.29 is 5.11 Å². The maximum Gasteiger partial charge on any atom is 0.189 e. The number of hydrogen-bond acceptors (Lipinski definition) is 6. The fourth-order valence-electron chi connectivity index (χ4n) is 1.97. The summed E-state index contributed by atoms with van der Waals surface area (Å²) in [6, 6.07) is 2.21. The fourth-order valence-corrected chi connectivity index (χ4v) is 2.31. The van der Waals surface area contributed by atoms with Gasteiger partial charge in [-0.3, -0.25) is 0 Å². The molecule has 6 heteroatoms. The zero-order valence-corrected chi connectivity index (χ0v) is 11.5. The molecule has 0 radical (unpaired) electrons. The first kappa shape index (κ1) is 13.1. The van der Waals surface area contributed by atoms with Crippen molar-refractivity contribution in [3.8, 4) is 6.07 Å². The van der Waals surface area contributed by atoms with Gasteiger partial charge in [0.1, 0.15) is 17.5 Å². The molecule has 1 aliphatic carbocycles. The Morgan fingerprint density at radius 1 is 1.61 bits per heavy atom. The molecule has 0 aromatic carbocycles. The summed E-state index contributed by atoms with van der Waals surface area (Å²) >= 11 is 1.43. The summed E-state index contributed by atoms with van der Waals surface area (Å²) in [5.41, 5.74) is 0.238. The van der Waals surface area contributed by atoms with E-state index < -0.39 is 0 Å². The molecule has 0 spiro atoms. The van der Waals surface area contributed by atoms with E-state index in [9.17, 15) is 5.11 Å². The fraction of sp³-hybridized carbons (Fsp3) is 0.583. The number of hydrogen-bond donors (Lipinski definition) is 2. The van der Waals surface area contributed by atoms with Crippen LogP contribution >= 0.6 is 11.8 Å². The summed E-state index contributed by atoms with van der Waals surface area (Å²) in [6.07, 6.45) is 3.80. The topological polar surface area (TPSA) is 81.8 Å². The molecule has 0 saturated heterocycles. The molecule has 0 unspecified atom stereocenters. The minimum Gasteiger partial charge on any atom is -0.392 e. The standard InChI is InChI=1S/C12H16N4OS/c1-12(2)8(4-9(12)17)15-10-7(5-13)6-14-11(16-10)18-3/h6,8-9,17H,4H2,1-3H3,(H,14,15,16)/t8-,9+/m1/s1. The predicted octanol–water partition coefficient (Wildman–Crippen LogP) is 1.64. The molecule has 0 amide bonds. The Morgan fingerprint density at radius 2 is 2.33 bits per heavy atom. The van der Waals surface area contributed by atoms with Gasteiger partial charge in [-0.15, -0.1) is 0 Å². The van der Waals surface area contributed by atoms with Crippen LogP contribution < -0.4 is 5.32 Å². The molecule has 1 saturated carbocycles. The number of aliphatic hydroxyl groups is 1. The molecule has 1 aliphatic rings. The van der Waals surface area contributed by atoms with E-state index in [4.69, 9.17) is 5.26 Å². The summed E-state index contributed by atoms with van der Waals surface area (Å²) in [4.78, 5) is 8.38. The summed E-state index contributed by atoms with van der Waals surface area (Å²) in [7, 11) is 0. The van der Waals surface area contributed by atoms with Crippen molar-refractivity contribution >= 4 is 17.6 Å². The Labute approximate surface area is 111 Å². The monoisotopic (exact) mass is 264 g/mol. The lowest BCUT2D eigenvalue weighted by Crippen LogP contribution is -2.57. The minimum atomic E-state index is -0.303. The molecule has 96 valence electrons. The van der Waals surface area contributed by atoms with Gasteiger partial charge in [0.15, 0.2) is 5.16 Å². The van der Waals surface area contributed by atoms with Crippen LogP contribution in [-0.4, -0.2) is 33.5 Å². The van der Waals surface area contributed by atoms with Crippen LogP contribution in [0.5, 0.6) is 0 Å². The Hall–Kier alpha value is -1.32. The van der Waals surface area contributed by atoms with Gasteiger partial charge in [-0.2, -0.15) is 5.26 Å². The smallest absolute Gasteiger partial charge is 0.189 e. The van der Waals surface area contributed by atoms with Crippen LogP contribution in [0.4, 0.5) is 5.82 Å². The minimum absolute atomic E-state index is 0.129. The van der Waals surface area contributed by atoms with Crippen molar-refractivity contribution in [2.75, 3.05) is 11.6 Å². The summed E-state index contributed by atoms with van der Waals surface area (Å²) in [5.74, 6) is 0.557. The third-order valence-corrected chi connectivity index (χ3v) is 4.16. The van der Waals surface area contributed by atoms with E-state index in [1.54, 1.807) is 0 Å². The predicted molar refractivity (Wildman–Crippen MR) is 70.3 cm³/mol. The Bertz CT molecular complexity index is 497. The summed E-state index contributed by atoms with van der Waals surface area (Å²) in [6.45, 7) is 4.00.